The van der Waals surface area contributed by atoms with Crippen molar-refractivity contribution in [1.82, 2.24) is 9.97 Å². The summed E-state index contributed by atoms with van der Waals surface area (Å²) in [7, 11) is 0. The third kappa shape index (κ3) is 3.07. The highest BCUT2D eigenvalue weighted by atomic mass is 32.1. The van der Waals surface area contributed by atoms with Crippen LogP contribution in [-0.2, 0) is 6.54 Å². The molecule has 0 atom stereocenters. The van der Waals surface area contributed by atoms with E-state index in [0.29, 0.717) is 6.54 Å². The third-order valence-corrected chi connectivity index (χ3v) is 4.73. The number of hydrogen-bond acceptors (Lipinski definition) is 5. The molecule has 2 aromatic carbocycles. The van der Waals surface area contributed by atoms with E-state index < -0.39 is 0 Å². The second kappa shape index (κ2) is 6.29. The van der Waals surface area contributed by atoms with E-state index in [1.165, 1.54) is 0 Å². The number of nitrogens with zero attached hydrogens (tertiary/aromatic N) is 2. The lowest BCUT2D eigenvalue weighted by Gasteiger charge is -2.02. The maximum Gasteiger partial charge on any atom is 0.184 e. The number of phenolic OH excluding ortho intramolecular Hbond substituents is 1. The Morgan fingerprint density at radius 2 is 1.83 bits per heavy atom. The van der Waals surface area contributed by atoms with Gasteiger partial charge in [-0.1, -0.05) is 29.5 Å². The van der Waals surface area contributed by atoms with Crippen LogP contribution in [0.4, 0.5) is 5.13 Å². The van der Waals surface area contributed by atoms with Crippen molar-refractivity contribution in [2.45, 2.75) is 6.54 Å². The average molecular weight is 333 g/mol. The molecule has 0 aliphatic carbocycles. The molecule has 4 nitrogen and oxygen atoms in total. The van der Waals surface area contributed by atoms with Gasteiger partial charge < -0.3 is 10.4 Å². The average Bonchev–Trinajstić information content (AvgIpc) is 3.03. The van der Waals surface area contributed by atoms with Gasteiger partial charge in [-0.3, -0.25) is 4.98 Å². The minimum absolute atomic E-state index is 0.278. The van der Waals surface area contributed by atoms with Crippen LogP contribution in [0.3, 0.4) is 0 Å². The first kappa shape index (κ1) is 14.7. The Balaban J connectivity index is 1.57. The van der Waals surface area contributed by atoms with Crippen LogP contribution in [0.15, 0.2) is 67.0 Å². The van der Waals surface area contributed by atoms with E-state index in [1.807, 2.05) is 30.3 Å². The van der Waals surface area contributed by atoms with E-state index in [1.54, 1.807) is 35.9 Å². The van der Waals surface area contributed by atoms with Crippen molar-refractivity contribution in [2.75, 3.05) is 5.32 Å². The van der Waals surface area contributed by atoms with Crippen LogP contribution in [0.25, 0.3) is 21.3 Å². The lowest BCUT2D eigenvalue weighted by molar-refractivity contribution is 0.474. The zero-order chi connectivity index (χ0) is 16.4. The van der Waals surface area contributed by atoms with Crippen LogP contribution < -0.4 is 5.32 Å². The summed E-state index contributed by atoms with van der Waals surface area (Å²) < 4.78 is 1.14. The molecule has 0 saturated heterocycles. The van der Waals surface area contributed by atoms with E-state index in [4.69, 9.17) is 0 Å². The Bertz CT molecular complexity index is 982. The zero-order valence-corrected chi connectivity index (χ0v) is 13.6. The van der Waals surface area contributed by atoms with E-state index in [-0.39, 0.29) is 5.75 Å². The van der Waals surface area contributed by atoms with Crippen molar-refractivity contribution in [3.63, 3.8) is 0 Å². The van der Waals surface area contributed by atoms with Crippen molar-refractivity contribution in [2.24, 2.45) is 0 Å². The Morgan fingerprint density at radius 3 is 2.67 bits per heavy atom. The number of thiazole rings is 1. The molecule has 24 heavy (non-hydrogen) atoms. The highest BCUT2D eigenvalue weighted by Gasteiger charge is 2.06. The number of anilines is 1. The summed E-state index contributed by atoms with van der Waals surface area (Å²) in [6.07, 6.45) is 3.60. The summed E-state index contributed by atoms with van der Waals surface area (Å²) in [6, 6.07) is 17.5. The van der Waals surface area contributed by atoms with E-state index in [2.05, 4.69) is 27.4 Å². The number of hydrogen-bond donors (Lipinski definition) is 2. The molecule has 0 fully saturated rings. The number of pyridine rings is 1. The van der Waals surface area contributed by atoms with Crippen molar-refractivity contribution in [3.8, 4) is 16.9 Å². The first-order valence-electron chi connectivity index (χ1n) is 7.61. The van der Waals surface area contributed by atoms with Crippen LogP contribution >= 0.6 is 11.3 Å². The van der Waals surface area contributed by atoms with E-state index >= 15 is 0 Å². The van der Waals surface area contributed by atoms with Gasteiger partial charge in [-0.05, 0) is 53.1 Å². The number of fused-ring (bicyclic) bond motifs is 1. The molecule has 0 bridgehead atoms. The summed E-state index contributed by atoms with van der Waals surface area (Å²) in [5, 5.41) is 13.7. The fraction of sp³-hybridized carbons (Fsp3) is 0.0526. The summed E-state index contributed by atoms with van der Waals surface area (Å²) in [6.45, 7) is 0.630. The van der Waals surface area contributed by atoms with Gasteiger partial charge in [0.2, 0.25) is 0 Å². The van der Waals surface area contributed by atoms with Gasteiger partial charge in [-0.2, -0.15) is 0 Å². The lowest BCUT2D eigenvalue weighted by Crippen LogP contribution is -1.98. The van der Waals surface area contributed by atoms with Gasteiger partial charge in [0.1, 0.15) is 5.75 Å². The van der Waals surface area contributed by atoms with Gasteiger partial charge in [0.05, 0.1) is 10.2 Å². The van der Waals surface area contributed by atoms with Gasteiger partial charge in [-0.15, -0.1) is 0 Å². The molecule has 0 aliphatic rings. The number of rotatable bonds is 4. The molecule has 0 saturated carbocycles. The maximum atomic E-state index is 9.52. The van der Waals surface area contributed by atoms with Crippen LogP contribution in [0.1, 0.15) is 5.56 Å². The summed E-state index contributed by atoms with van der Waals surface area (Å²) in [4.78, 5) is 8.68. The van der Waals surface area contributed by atoms with Gasteiger partial charge in [0.15, 0.2) is 5.13 Å². The maximum absolute atomic E-state index is 9.52. The molecule has 0 radical (unpaired) electrons. The normalized spacial score (nSPS) is 10.8. The Labute approximate surface area is 143 Å². The number of benzene rings is 2. The molecule has 0 unspecified atom stereocenters. The minimum Gasteiger partial charge on any atom is -0.508 e. The molecule has 4 rings (SSSR count). The van der Waals surface area contributed by atoms with Gasteiger partial charge >= 0.3 is 0 Å². The molecular weight excluding hydrogens is 318 g/mol. The molecular formula is C19H15N3OS. The van der Waals surface area contributed by atoms with Gasteiger partial charge in [-0.25, -0.2) is 4.98 Å². The van der Waals surface area contributed by atoms with Crippen LogP contribution in [0.5, 0.6) is 5.75 Å². The standard InChI is InChI=1S/C19H15N3OS/c23-16-3-1-2-13(10-16)12-21-19-22-17-5-4-15(11-18(17)24-19)14-6-8-20-9-7-14/h1-11,23H,12H2,(H,21,22). The van der Waals surface area contributed by atoms with E-state index in [9.17, 15) is 5.11 Å². The minimum atomic E-state index is 0.278. The van der Waals surface area contributed by atoms with Crippen LogP contribution in [-0.4, -0.2) is 15.1 Å². The molecule has 118 valence electrons. The topological polar surface area (TPSA) is 58.0 Å². The van der Waals surface area contributed by atoms with E-state index in [0.717, 1.165) is 32.0 Å². The Kier molecular flexibility index (Phi) is 3.84. The van der Waals surface area contributed by atoms with Gasteiger partial charge in [0.25, 0.3) is 0 Å². The number of phenols is 1. The molecule has 5 heteroatoms. The molecule has 4 aromatic rings. The first-order chi connectivity index (χ1) is 11.8. The fourth-order valence-electron chi connectivity index (χ4n) is 2.57. The summed E-state index contributed by atoms with van der Waals surface area (Å²) in [5.74, 6) is 0.278. The predicted octanol–water partition coefficient (Wildman–Crippen LogP) is 4.68. The fourth-order valence-corrected chi connectivity index (χ4v) is 3.47. The SMILES string of the molecule is Oc1cccc(CNc2nc3ccc(-c4ccncc4)cc3s2)c1. The second-order valence-corrected chi connectivity index (χ2v) is 6.49. The molecule has 2 heterocycles. The molecule has 2 N–H and O–H groups in total. The second-order valence-electron chi connectivity index (χ2n) is 5.46. The van der Waals surface area contributed by atoms with Crippen molar-refractivity contribution in [1.29, 1.82) is 0 Å². The van der Waals surface area contributed by atoms with Crippen molar-refractivity contribution >= 4 is 26.7 Å². The zero-order valence-electron chi connectivity index (χ0n) is 12.8. The molecule has 0 amide bonds. The highest BCUT2D eigenvalue weighted by Crippen LogP contribution is 2.30. The Morgan fingerprint density at radius 1 is 0.958 bits per heavy atom. The highest BCUT2D eigenvalue weighted by molar-refractivity contribution is 7.22. The first-order valence-corrected chi connectivity index (χ1v) is 8.42. The third-order valence-electron chi connectivity index (χ3n) is 3.76. The quantitative estimate of drug-likeness (QED) is 0.569. The number of aromatic hydroxyl groups is 1. The predicted molar refractivity (Wildman–Crippen MR) is 98.3 cm³/mol. The Hall–Kier alpha value is -2.92. The number of aromatic nitrogens is 2. The molecule has 0 spiro atoms. The summed E-state index contributed by atoms with van der Waals surface area (Å²) in [5.41, 5.74) is 4.31. The molecule has 2 aromatic heterocycles. The van der Waals surface area contributed by atoms with Crippen LogP contribution in [0, 0.1) is 0 Å². The van der Waals surface area contributed by atoms with Crippen LogP contribution in [0.2, 0.25) is 0 Å². The monoisotopic (exact) mass is 333 g/mol. The van der Waals surface area contributed by atoms with Crippen molar-refractivity contribution in [3.05, 3.63) is 72.6 Å². The van der Waals surface area contributed by atoms with Crippen molar-refractivity contribution < 1.29 is 5.11 Å². The number of nitrogens with one attached hydrogen (secondary N) is 1. The smallest absolute Gasteiger partial charge is 0.184 e. The largest absolute Gasteiger partial charge is 0.508 e. The molecule has 0 aliphatic heterocycles. The van der Waals surface area contributed by atoms with Gasteiger partial charge in [0, 0.05) is 18.9 Å². The lowest BCUT2D eigenvalue weighted by atomic mass is 10.1. The summed E-state index contributed by atoms with van der Waals surface area (Å²) >= 11 is 1.63.